The van der Waals surface area contributed by atoms with Crippen molar-refractivity contribution < 1.29 is 18.0 Å². The summed E-state index contributed by atoms with van der Waals surface area (Å²) in [6.45, 7) is 4.08. The van der Waals surface area contributed by atoms with Crippen molar-refractivity contribution in [1.29, 1.82) is 0 Å². The second kappa shape index (κ2) is 6.47. The van der Waals surface area contributed by atoms with Gasteiger partial charge in [-0.25, -0.2) is 8.42 Å². The highest BCUT2D eigenvalue weighted by Gasteiger charge is 2.40. The quantitative estimate of drug-likeness (QED) is 0.664. The fourth-order valence-corrected chi connectivity index (χ4v) is 2.76. The maximum Gasteiger partial charge on any atom is 0.247 e. The van der Waals surface area contributed by atoms with Gasteiger partial charge in [-0.05, 0) is 12.8 Å². The lowest BCUT2D eigenvalue weighted by molar-refractivity contribution is -0.141. The van der Waals surface area contributed by atoms with E-state index in [1.807, 2.05) is 13.8 Å². The van der Waals surface area contributed by atoms with E-state index in [0.29, 0.717) is 0 Å². The first kappa shape index (κ1) is 16.1. The van der Waals surface area contributed by atoms with Crippen LogP contribution in [0.2, 0.25) is 0 Å². The Morgan fingerprint density at radius 2 is 1.89 bits per heavy atom. The Balaban J connectivity index is 2.60. The number of nitrogens with zero attached hydrogens (tertiary/aromatic N) is 1. The highest BCUT2D eigenvalue weighted by Crippen LogP contribution is 2.19. The molecule has 0 aromatic heterocycles. The number of rotatable bonds is 7. The largest absolute Gasteiger partial charge is 0.304 e. The molecule has 0 spiro atoms. The molecule has 6 nitrogen and oxygen atoms in total. The maximum absolute atomic E-state index is 12.1. The lowest BCUT2D eigenvalue weighted by Crippen LogP contribution is -2.44. The van der Waals surface area contributed by atoms with Crippen LogP contribution in [0.5, 0.6) is 0 Å². The minimum Gasteiger partial charge on any atom is -0.304 e. The third kappa shape index (κ3) is 4.28. The van der Waals surface area contributed by atoms with Gasteiger partial charge in [0, 0.05) is 18.8 Å². The second-order valence-corrected chi connectivity index (χ2v) is 7.17. The lowest BCUT2D eigenvalue weighted by atomic mass is 10.1. The molecule has 1 atom stereocenters. The average molecular weight is 290 g/mol. The summed E-state index contributed by atoms with van der Waals surface area (Å²) in [5.41, 5.74) is 0. The number of hydrogen-bond donors (Lipinski definition) is 1. The summed E-state index contributed by atoms with van der Waals surface area (Å²) in [5, 5.41) is 2.86. The summed E-state index contributed by atoms with van der Waals surface area (Å²) >= 11 is 0. The zero-order valence-corrected chi connectivity index (χ0v) is 12.5. The normalized spacial score (nSPS) is 20.6. The Bertz CT molecular complexity index is 443. The van der Waals surface area contributed by atoms with Gasteiger partial charge in [0.25, 0.3) is 0 Å². The van der Waals surface area contributed by atoms with E-state index in [4.69, 9.17) is 0 Å². The summed E-state index contributed by atoms with van der Waals surface area (Å²) in [4.78, 5) is 25.3. The summed E-state index contributed by atoms with van der Waals surface area (Å²) in [6, 6.07) is -0.628. The molecule has 0 aliphatic carbocycles. The second-order valence-electron chi connectivity index (χ2n) is 4.91. The van der Waals surface area contributed by atoms with Crippen molar-refractivity contribution in [3.8, 4) is 0 Å². The molecule has 0 saturated carbocycles. The molecule has 1 aliphatic heterocycles. The van der Waals surface area contributed by atoms with Crippen LogP contribution in [0, 0.1) is 0 Å². The van der Waals surface area contributed by atoms with Crippen LogP contribution in [0.3, 0.4) is 0 Å². The van der Waals surface area contributed by atoms with Crippen LogP contribution in [0.25, 0.3) is 0 Å². The van der Waals surface area contributed by atoms with Gasteiger partial charge in [-0.2, -0.15) is 0 Å². The lowest BCUT2D eigenvalue weighted by Gasteiger charge is -2.24. The molecule has 1 fully saturated rings. The Labute approximate surface area is 114 Å². The predicted octanol–water partition coefficient (Wildman–Crippen LogP) is -0.0633. The molecule has 1 rings (SSSR count). The first-order chi connectivity index (χ1) is 8.80. The van der Waals surface area contributed by atoms with Crippen LogP contribution < -0.4 is 5.32 Å². The number of hydrogen-bond acceptors (Lipinski definition) is 5. The minimum atomic E-state index is -3.06. The van der Waals surface area contributed by atoms with E-state index in [-0.39, 0.29) is 36.6 Å². The van der Waals surface area contributed by atoms with Crippen molar-refractivity contribution in [2.24, 2.45) is 0 Å². The highest BCUT2D eigenvalue weighted by molar-refractivity contribution is 7.90. The van der Waals surface area contributed by atoms with Crippen molar-refractivity contribution in [3.63, 3.8) is 0 Å². The molecule has 1 unspecified atom stereocenters. The van der Waals surface area contributed by atoms with Crippen LogP contribution >= 0.6 is 0 Å². The fourth-order valence-electron chi connectivity index (χ4n) is 2.27. The number of nitrogens with one attached hydrogen (secondary N) is 1. The zero-order chi connectivity index (χ0) is 14.6. The van der Waals surface area contributed by atoms with E-state index in [1.165, 1.54) is 4.90 Å². The number of carbonyl (C=O) groups excluding carboxylic acids is 2. The topological polar surface area (TPSA) is 83.6 Å². The van der Waals surface area contributed by atoms with Gasteiger partial charge in [0.1, 0.15) is 9.84 Å². The van der Waals surface area contributed by atoms with Gasteiger partial charge in [-0.15, -0.1) is 0 Å². The Morgan fingerprint density at radius 1 is 1.32 bits per heavy atom. The molecule has 1 N–H and O–H groups in total. The first-order valence-electron chi connectivity index (χ1n) is 6.57. The standard InChI is InChI=1S/C12H22N2O4S/c1-4-9(5-2)14-11(15)8-10(12(14)16)13-6-7-19(3,17)18/h9-10,13H,4-8H2,1-3H3. The molecular formula is C12H22N2O4S. The molecule has 0 bridgehead atoms. The average Bonchev–Trinajstić information content (AvgIpc) is 2.57. The molecule has 7 heteroatoms. The number of likely N-dealkylation sites (tertiary alicyclic amines) is 1. The van der Waals surface area contributed by atoms with Crippen LogP contribution in [0.15, 0.2) is 0 Å². The van der Waals surface area contributed by atoms with E-state index < -0.39 is 15.9 Å². The monoisotopic (exact) mass is 290 g/mol. The number of carbonyl (C=O) groups is 2. The fraction of sp³-hybridized carbons (Fsp3) is 0.833. The summed E-state index contributed by atoms with van der Waals surface area (Å²) in [5.74, 6) is -0.432. The number of amides is 2. The van der Waals surface area contributed by atoms with E-state index in [0.717, 1.165) is 19.1 Å². The van der Waals surface area contributed by atoms with Gasteiger partial charge in [0.05, 0.1) is 18.2 Å². The van der Waals surface area contributed by atoms with Crippen LogP contribution in [-0.4, -0.2) is 55.8 Å². The molecule has 1 heterocycles. The minimum absolute atomic E-state index is 0.0318. The van der Waals surface area contributed by atoms with E-state index in [1.54, 1.807) is 0 Å². The third-order valence-electron chi connectivity index (χ3n) is 3.35. The molecule has 0 radical (unpaired) electrons. The number of sulfone groups is 1. The summed E-state index contributed by atoms with van der Waals surface area (Å²) in [7, 11) is -3.06. The molecule has 19 heavy (non-hydrogen) atoms. The van der Waals surface area contributed by atoms with Crippen LogP contribution in [0.1, 0.15) is 33.1 Å². The van der Waals surface area contributed by atoms with Crippen molar-refractivity contribution in [2.45, 2.75) is 45.2 Å². The molecule has 1 aliphatic rings. The highest BCUT2D eigenvalue weighted by atomic mass is 32.2. The summed E-state index contributed by atoms with van der Waals surface area (Å²) < 4.78 is 22.0. The molecule has 1 saturated heterocycles. The van der Waals surface area contributed by atoms with Gasteiger partial charge in [0.2, 0.25) is 11.8 Å². The zero-order valence-electron chi connectivity index (χ0n) is 11.7. The van der Waals surface area contributed by atoms with Gasteiger partial charge >= 0.3 is 0 Å². The van der Waals surface area contributed by atoms with Crippen molar-refractivity contribution in [2.75, 3.05) is 18.6 Å². The predicted molar refractivity (Wildman–Crippen MR) is 72.3 cm³/mol. The Morgan fingerprint density at radius 3 is 2.37 bits per heavy atom. The Kier molecular flexibility index (Phi) is 5.49. The first-order valence-corrected chi connectivity index (χ1v) is 8.63. The van der Waals surface area contributed by atoms with Crippen LogP contribution in [-0.2, 0) is 19.4 Å². The van der Waals surface area contributed by atoms with Gasteiger partial charge in [-0.3, -0.25) is 14.5 Å². The maximum atomic E-state index is 12.1. The molecule has 110 valence electrons. The van der Waals surface area contributed by atoms with Crippen molar-refractivity contribution in [1.82, 2.24) is 10.2 Å². The van der Waals surface area contributed by atoms with Crippen molar-refractivity contribution in [3.05, 3.63) is 0 Å². The smallest absolute Gasteiger partial charge is 0.247 e. The van der Waals surface area contributed by atoms with E-state index in [2.05, 4.69) is 5.32 Å². The van der Waals surface area contributed by atoms with Gasteiger partial charge in [0.15, 0.2) is 0 Å². The van der Waals surface area contributed by atoms with Gasteiger partial charge < -0.3 is 5.32 Å². The molecular weight excluding hydrogens is 268 g/mol. The number of imide groups is 1. The van der Waals surface area contributed by atoms with Crippen molar-refractivity contribution >= 4 is 21.7 Å². The Hall–Kier alpha value is -0.950. The molecule has 0 aromatic carbocycles. The SMILES string of the molecule is CCC(CC)N1C(=O)CC(NCCS(C)(=O)=O)C1=O. The van der Waals surface area contributed by atoms with Crippen LogP contribution in [0.4, 0.5) is 0 Å². The van der Waals surface area contributed by atoms with Gasteiger partial charge in [-0.1, -0.05) is 13.8 Å². The summed E-state index contributed by atoms with van der Waals surface area (Å²) in [6.07, 6.45) is 2.75. The third-order valence-corrected chi connectivity index (χ3v) is 4.30. The van der Waals surface area contributed by atoms with E-state index >= 15 is 0 Å². The molecule has 0 aromatic rings. The molecule has 2 amide bonds. The van der Waals surface area contributed by atoms with E-state index in [9.17, 15) is 18.0 Å².